The van der Waals surface area contributed by atoms with E-state index < -0.39 is 0 Å². The van der Waals surface area contributed by atoms with Crippen molar-refractivity contribution in [3.8, 4) is 5.75 Å². The topological polar surface area (TPSA) is 45.1 Å². The highest BCUT2D eigenvalue weighted by atomic mass is 16.3. The number of rotatable bonds is 5. The van der Waals surface area contributed by atoms with Gasteiger partial charge in [0.25, 0.3) is 0 Å². The molecule has 0 fully saturated rings. The summed E-state index contributed by atoms with van der Waals surface area (Å²) >= 11 is 0. The number of pyridine rings is 1. The fourth-order valence-corrected chi connectivity index (χ4v) is 1.86. The Bertz CT molecular complexity index is 497. The molecule has 2 N–H and O–H groups in total. The average Bonchev–Trinajstić information content (AvgIpc) is 2.40. The number of aromatic nitrogens is 1. The molecule has 1 heterocycles. The summed E-state index contributed by atoms with van der Waals surface area (Å²) in [6, 6.07) is 9.68. The lowest BCUT2D eigenvalue weighted by molar-refractivity contribution is 0.464. The summed E-state index contributed by atoms with van der Waals surface area (Å²) in [5.74, 6) is 0.356. The Labute approximate surface area is 108 Å². The second-order valence-electron chi connectivity index (χ2n) is 4.42. The van der Waals surface area contributed by atoms with E-state index in [0.717, 1.165) is 24.1 Å². The third-order valence-corrected chi connectivity index (χ3v) is 2.86. The van der Waals surface area contributed by atoms with Gasteiger partial charge in [0.15, 0.2) is 0 Å². The van der Waals surface area contributed by atoms with E-state index in [4.69, 9.17) is 0 Å². The van der Waals surface area contributed by atoms with Crippen LogP contribution in [0.15, 0.2) is 42.7 Å². The van der Waals surface area contributed by atoms with Crippen molar-refractivity contribution in [2.45, 2.75) is 19.9 Å². The molecule has 0 radical (unpaired) electrons. The minimum Gasteiger partial charge on any atom is -0.508 e. The van der Waals surface area contributed by atoms with Crippen LogP contribution in [0, 0.1) is 6.92 Å². The van der Waals surface area contributed by atoms with Gasteiger partial charge in [0.1, 0.15) is 5.75 Å². The van der Waals surface area contributed by atoms with Gasteiger partial charge in [-0.15, -0.1) is 0 Å². The molecular weight excluding hydrogens is 224 g/mol. The molecule has 2 aromatic rings. The van der Waals surface area contributed by atoms with Gasteiger partial charge in [-0.2, -0.15) is 0 Å². The summed E-state index contributed by atoms with van der Waals surface area (Å²) in [5, 5.41) is 13.0. The van der Waals surface area contributed by atoms with E-state index in [0.29, 0.717) is 12.3 Å². The Morgan fingerprint density at radius 1 is 1.28 bits per heavy atom. The molecule has 0 amide bonds. The zero-order valence-corrected chi connectivity index (χ0v) is 10.6. The van der Waals surface area contributed by atoms with E-state index >= 15 is 0 Å². The normalized spacial score (nSPS) is 10.5. The fraction of sp³-hybridized carbons (Fsp3) is 0.267. The Balaban J connectivity index is 1.80. The molecule has 0 bridgehead atoms. The van der Waals surface area contributed by atoms with E-state index in [1.165, 1.54) is 5.56 Å². The van der Waals surface area contributed by atoms with Crippen LogP contribution in [0.3, 0.4) is 0 Å². The minimum atomic E-state index is 0.356. The molecule has 3 heteroatoms. The lowest BCUT2D eigenvalue weighted by atomic mass is 10.1. The molecule has 0 saturated heterocycles. The summed E-state index contributed by atoms with van der Waals surface area (Å²) in [5.41, 5.74) is 3.33. The molecule has 0 aliphatic carbocycles. The summed E-state index contributed by atoms with van der Waals surface area (Å²) in [6.07, 6.45) is 4.61. The summed E-state index contributed by atoms with van der Waals surface area (Å²) in [7, 11) is 0. The van der Waals surface area contributed by atoms with Gasteiger partial charge in [-0.3, -0.25) is 4.98 Å². The predicted molar refractivity (Wildman–Crippen MR) is 72.5 cm³/mol. The lowest BCUT2D eigenvalue weighted by Gasteiger charge is -2.07. The average molecular weight is 242 g/mol. The predicted octanol–water partition coefficient (Wildman–Crippen LogP) is 2.43. The van der Waals surface area contributed by atoms with Crippen molar-refractivity contribution in [3.63, 3.8) is 0 Å². The molecule has 1 aromatic heterocycles. The standard InChI is InChI=1S/C15H18N2O/c1-12-4-5-15(18)14(9-12)11-17-8-6-13-3-2-7-16-10-13/h2-5,7,9-10,17-18H,6,8,11H2,1H3. The molecule has 0 saturated carbocycles. The van der Waals surface area contributed by atoms with Crippen molar-refractivity contribution in [1.29, 1.82) is 0 Å². The van der Waals surface area contributed by atoms with Crippen LogP contribution in [0.1, 0.15) is 16.7 Å². The Morgan fingerprint density at radius 3 is 2.94 bits per heavy atom. The summed E-state index contributed by atoms with van der Waals surface area (Å²) < 4.78 is 0. The van der Waals surface area contributed by atoms with Crippen LogP contribution < -0.4 is 5.32 Å². The van der Waals surface area contributed by atoms with Crippen molar-refractivity contribution in [2.75, 3.05) is 6.54 Å². The molecule has 94 valence electrons. The smallest absolute Gasteiger partial charge is 0.120 e. The quantitative estimate of drug-likeness (QED) is 0.791. The second-order valence-corrected chi connectivity index (χ2v) is 4.42. The van der Waals surface area contributed by atoms with Crippen LogP contribution in [0.2, 0.25) is 0 Å². The highest BCUT2D eigenvalue weighted by Crippen LogP contribution is 2.17. The molecule has 1 aromatic carbocycles. The second kappa shape index (κ2) is 6.17. The zero-order chi connectivity index (χ0) is 12.8. The van der Waals surface area contributed by atoms with E-state index in [9.17, 15) is 5.11 Å². The first-order valence-electron chi connectivity index (χ1n) is 6.14. The first-order chi connectivity index (χ1) is 8.75. The van der Waals surface area contributed by atoms with Gasteiger partial charge in [-0.05, 0) is 37.6 Å². The number of nitrogens with one attached hydrogen (secondary N) is 1. The van der Waals surface area contributed by atoms with E-state index in [2.05, 4.69) is 16.4 Å². The zero-order valence-electron chi connectivity index (χ0n) is 10.6. The molecule has 2 rings (SSSR count). The Morgan fingerprint density at radius 2 is 2.17 bits per heavy atom. The van der Waals surface area contributed by atoms with Gasteiger partial charge in [-0.1, -0.05) is 23.8 Å². The molecule has 0 atom stereocenters. The third-order valence-electron chi connectivity index (χ3n) is 2.86. The molecular formula is C15H18N2O. The van der Waals surface area contributed by atoms with E-state index in [1.807, 2.05) is 31.3 Å². The molecule has 18 heavy (non-hydrogen) atoms. The van der Waals surface area contributed by atoms with Crippen LogP contribution in [-0.4, -0.2) is 16.6 Å². The van der Waals surface area contributed by atoms with Crippen molar-refractivity contribution in [2.24, 2.45) is 0 Å². The number of aromatic hydroxyl groups is 1. The SMILES string of the molecule is Cc1ccc(O)c(CNCCc2cccnc2)c1. The fourth-order valence-electron chi connectivity index (χ4n) is 1.86. The first kappa shape index (κ1) is 12.6. The number of phenolic OH excluding ortho intramolecular Hbond substituents is 1. The summed E-state index contributed by atoms with van der Waals surface area (Å²) in [4.78, 5) is 4.08. The molecule has 3 nitrogen and oxygen atoms in total. The highest BCUT2D eigenvalue weighted by Gasteiger charge is 2.00. The minimum absolute atomic E-state index is 0.356. The number of benzene rings is 1. The lowest BCUT2D eigenvalue weighted by Crippen LogP contribution is -2.16. The van der Waals surface area contributed by atoms with Gasteiger partial charge in [0.05, 0.1) is 0 Å². The van der Waals surface area contributed by atoms with Gasteiger partial charge in [0.2, 0.25) is 0 Å². The monoisotopic (exact) mass is 242 g/mol. The van der Waals surface area contributed by atoms with Gasteiger partial charge >= 0.3 is 0 Å². The van der Waals surface area contributed by atoms with Crippen LogP contribution >= 0.6 is 0 Å². The van der Waals surface area contributed by atoms with Crippen molar-refractivity contribution in [3.05, 3.63) is 59.4 Å². The van der Waals surface area contributed by atoms with Crippen molar-refractivity contribution < 1.29 is 5.11 Å². The molecule has 0 spiro atoms. The number of nitrogens with zero attached hydrogens (tertiary/aromatic N) is 1. The van der Waals surface area contributed by atoms with Crippen LogP contribution in [0.4, 0.5) is 0 Å². The maximum Gasteiger partial charge on any atom is 0.120 e. The first-order valence-corrected chi connectivity index (χ1v) is 6.14. The van der Waals surface area contributed by atoms with Gasteiger partial charge in [0, 0.05) is 24.5 Å². The van der Waals surface area contributed by atoms with Gasteiger partial charge in [-0.25, -0.2) is 0 Å². The maximum absolute atomic E-state index is 9.70. The van der Waals surface area contributed by atoms with Crippen molar-refractivity contribution in [1.82, 2.24) is 10.3 Å². The van der Waals surface area contributed by atoms with Gasteiger partial charge < -0.3 is 10.4 Å². The third kappa shape index (κ3) is 3.57. The van der Waals surface area contributed by atoms with Crippen molar-refractivity contribution >= 4 is 0 Å². The van der Waals surface area contributed by atoms with Crippen LogP contribution in [0.5, 0.6) is 5.75 Å². The van der Waals surface area contributed by atoms with E-state index in [-0.39, 0.29) is 0 Å². The van der Waals surface area contributed by atoms with Crippen LogP contribution in [-0.2, 0) is 13.0 Å². The Hall–Kier alpha value is -1.87. The van der Waals surface area contributed by atoms with E-state index in [1.54, 1.807) is 12.3 Å². The largest absolute Gasteiger partial charge is 0.508 e. The molecule has 0 unspecified atom stereocenters. The number of hydrogen-bond donors (Lipinski definition) is 2. The molecule has 0 aliphatic heterocycles. The number of hydrogen-bond acceptors (Lipinski definition) is 3. The summed E-state index contributed by atoms with van der Waals surface area (Å²) in [6.45, 7) is 3.59. The highest BCUT2D eigenvalue weighted by molar-refractivity contribution is 5.35. The number of aryl methyl sites for hydroxylation is 1. The Kier molecular flexibility index (Phi) is 4.31. The van der Waals surface area contributed by atoms with Crippen LogP contribution in [0.25, 0.3) is 0 Å². The molecule has 0 aliphatic rings. The maximum atomic E-state index is 9.70. The number of phenols is 1.